The zero-order valence-electron chi connectivity index (χ0n) is 11.0. The van der Waals surface area contributed by atoms with Crippen LogP contribution in [0.5, 0.6) is 0 Å². The van der Waals surface area contributed by atoms with E-state index in [1.165, 1.54) is 58.2 Å². The molecule has 1 aliphatic heterocycles. The van der Waals surface area contributed by atoms with E-state index in [-0.39, 0.29) is 0 Å². The summed E-state index contributed by atoms with van der Waals surface area (Å²) in [6.45, 7) is 8.54. The molecule has 1 saturated heterocycles. The summed E-state index contributed by atoms with van der Waals surface area (Å²) in [4.78, 5) is 2.74. The average molecular weight is 224 g/mol. The molecule has 94 valence electrons. The van der Waals surface area contributed by atoms with Gasteiger partial charge in [-0.1, -0.05) is 19.3 Å². The first kappa shape index (κ1) is 12.4. The smallest absolute Gasteiger partial charge is 0.0166 e. The van der Waals surface area contributed by atoms with Crippen LogP contribution in [0.3, 0.4) is 0 Å². The van der Waals surface area contributed by atoms with Crippen LogP contribution < -0.4 is 5.32 Å². The maximum atomic E-state index is 3.59. The maximum Gasteiger partial charge on any atom is 0.0166 e. The van der Waals surface area contributed by atoms with Crippen molar-refractivity contribution in [1.29, 1.82) is 0 Å². The van der Waals surface area contributed by atoms with Gasteiger partial charge in [-0.2, -0.15) is 0 Å². The molecule has 2 aliphatic rings. The first-order valence-electron chi connectivity index (χ1n) is 7.25. The van der Waals surface area contributed by atoms with E-state index < -0.39 is 0 Å². The Balaban J connectivity index is 1.88. The summed E-state index contributed by atoms with van der Waals surface area (Å²) in [5, 5.41) is 3.59. The molecule has 2 heteroatoms. The van der Waals surface area contributed by atoms with Gasteiger partial charge in [0.25, 0.3) is 0 Å². The second-order valence-electron chi connectivity index (χ2n) is 5.84. The molecule has 1 N–H and O–H groups in total. The molecule has 2 nitrogen and oxygen atoms in total. The molecule has 0 bridgehead atoms. The van der Waals surface area contributed by atoms with Crippen molar-refractivity contribution in [2.24, 2.45) is 5.92 Å². The molecule has 2 rings (SSSR count). The summed E-state index contributed by atoms with van der Waals surface area (Å²) in [5.41, 5.74) is 0. The predicted molar refractivity (Wildman–Crippen MR) is 69.7 cm³/mol. The van der Waals surface area contributed by atoms with Gasteiger partial charge >= 0.3 is 0 Å². The van der Waals surface area contributed by atoms with Gasteiger partial charge in [-0.15, -0.1) is 0 Å². The van der Waals surface area contributed by atoms with Gasteiger partial charge in [0.2, 0.25) is 0 Å². The lowest BCUT2D eigenvalue weighted by molar-refractivity contribution is 0.129. The Kier molecular flexibility index (Phi) is 4.66. The third kappa shape index (κ3) is 3.21. The van der Waals surface area contributed by atoms with E-state index in [1.807, 2.05) is 0 Å². The second kappa shape index (κ2) is 6.02. The second-order valence-corrected chi connectivity index (χ2v) is 5.84. The molecule has 0 aromatic carbocycles. The van der Waals surface area contributed by atoms with Crippen LogP contribution in [0.2, 0.25) is 0 Å². The van der Waals surface area contributed by atoms with Crippen LogP contribution in [-0.2, 0) is 0 Å². The zero-order valence-corrected chi connectivity index (χ0v) is 11.0. The Labute approximate surface area is 101 Å². The molecule has 1 saturated carbocycles. The van der Waals surface area contributed by atoms with Gasteiger partial charge in [0.1, 0.15) is 0 Å². The van der Waals surface area contributed by atoms with Crippen molar-refractivity contribution in [3.63, 3.8) is 0 Å². The summed E-state index contributed by atoms with van der Waals surface area (Å²) in [6.07, 6.45) is 8.68. The lowest BCUT2D eigenvalue weighted by atomic mass is 9.84. The van der Waals surface area contributed by atoms with E-state index in [1.54, 1.807) is 0 Å². The molecule has 0 radical (unpaired) electrons. The van der Waals surface area contributed by atoms with E-state index in [2.05, 4.69) is 24.1 Å². The highest BCUT2D eigenvalue weighted by Crippen LogP contribution is 2.29. The molecular weight excluding hydrogens is 196 g/mol. The van der Waals surface area contributed by atoms with Crippen molar-refractivity contribution in [3.05, 3.63) is 0 Å². The first-order valence-corrected chi connectivity index (χ1v) is 7.25. The fourth-order valence-electron chi connectivity index (χ4n) is 3.42. The Morgan fingerprint density at radius 3 is 2.62 bits per heavy atom. The quantitative estimate of drug-likeness (QED) is 0.776. The number of nitrogens with one attached hydrogen (secondary N) is 1. The third-order valence-corrected chi connectivity index (χ3v) is 4.53. The standard InChI is InChI=1S/C14H28N2/c1-12-11-16(10-6-9-15-12)13(2)14-7-4-3-5-8-14/h12-15H,3-11H2,1-2H3. The highest BCUT2D eigenvalue weighted by Gasteiger charge is 2.26. The number of hydrogen-bond donors (Lipinski definition) is 1. The van der Waals surface area contributed by atoms with Crippen molar-refractivity contribution in [2.75, 3.05) is 19.6 Å². The Morgan fingerprint density at radius 1 is 1.12 bits per heavy atom. The Bertz CT molecular complexity index is 199. The fourth-order valence-corrected chi connectivity index (χ4v) is 3.42. The summed E-state index contributed by atoms with van der Waals surface area (Å²) in [5.74, 6) is 0.971. The first-order chi connectivity index (χ1) is 7.77. The summed E-state index contributed by atoms with van der Waals surface area (Å²) in [7, 11) is 0. The molecular formula is C14H28N2. The van der Waals surface area contributed by atoms with Gasteiger partial charge in [-0.25, -0.2) is 0 Å². The predicted octanol–water partition coefficient (Wildman–Crippen LogP) is 2.64. The molecule has 2 unspecified atom stereocenters. The van der Waals surface area contributed by atoms with Crippen molar-refractivity contribution < 1.29 is 0 Å². The minimum atomic E-state index is 0.675. The monoisotopic (exact) mass is 224 g/mol. The topological polar surface area (TPSA) is 15.3 Å². The van der Waals surface area contributed by atoms with E-state index in [0.717, 1.165) is 12.0 Å². The fraction of sp³-hybridized carbons (Fsp3) is 1.00. The SMILES string of the molecule is CC1CN(C(C)C2CCCCC2)CCCN1. The van der Waals surface area contributed by atoms with Crippen molar-refractivity contribution in [3.8, 4) is 0 Å². The van der Waals surface area contributed by atoms with Gasteiger partial charge < -0.3 is 5.32 Å². The van der Waals surface area contributed by atoms with Crippen LogP contribution in [0.25, 0.3) is 0 Å². The van der Waals surface area contributed by atoms with E-state index >= 15 is 0 Å². The molecule has 2 fully saturated rings. The van der Waals surface area contributed by atoms with E-state index in [0.29, 0.717) is 6.04 Å². The van der Waals surface area contributed by atoms with Crippen LogP contribution in [0.1, 0.15) is 52.4 Å². The molecule has 0 spiro atoms. The highest BCUT2D eigenvalue weighted by molar-refractivity contribution is 4.82. The summed E-state index contributed by atoms with van der Waals surface area (Å²) in [6, 6.07) is 1.48. The van der Waals surface area contributed by atoms with Crippen LogP contribution in [0.15, 0.2) is 0 Å². The molecule has 0 amide bonds. The average Bonchev–Trinajstić information content (AvgIpc) is 2.54. The van der Waals surface area contributed by atoms with Crippen LogP contribution in [0.4, 0.5) is 0 Å². The molecule has 1 aliphatic carbocycles. The van der Waals surface area contributed by atoms with Crippen molar-refractivity contribution in [1.82, 2.24) is 10.2 Å². The van der Waals surface area contributed by atoms with Crippen LogP contribution >= 0.6 is 0 Å². The van der Waals surface area contributed by atoms with Gasteiger partial charge in [-0.05, 0) is 52.1 Å². The van der Waals surface area contributed by atoms with Gasteiger partial charge in [0.15, 0.2) is 0 Å². The minimum absolute atomic E-state index is 0.675. The number of rotatable bonds is 2. The van der Waals surface area contributed by atoms with Gasteiger partial charge in [0, 0.05) is 18.6 Å². The van der Waals surface area contributed by atoms with Crippen molar-refractivity contribution in [2.45, 2.75) is 64.5 Å². The number of hydrogen-bond acceptors (Lipinski definition) is 2. The summed E-state index contributed by atoms with van der Waals surface area (Å²) >= 11 is 0. The molecule has 16 heavy (non-hydrogen) atoms. The van der Waals surface area contributed by atoms with Gasteiger partial charge in [0.05, 0.1) is 0 Å². The van der Waals surface area contributed by atoms with Crippen LogP contribution in [-0.4, -0.2) is 36.6 Å². The van der Waals surface area contributed by atoms with E-state index in [4.69, 9.17) is 0 Å². The zero-order chi connectivity index (χ0) is 11.4. The maximum absolute atomic E-state index is 3.59. The Morgan fingerprint density at radius 2 is 1.88 bits per heavy atom. The normalized spacial score (nSPS) is 32.2. The summed E-state index contributed by atoms with van der Waals surface area (Å²) < 4.78 is 0. The molecule has 0 aromatic rings. The largest absolute Gasteiger partial charge is 0.313 e. The highest BCUT2D eigenvalue weighted by atomic mass is 15.2. The van der Waals surface area contributed by atoms with E-state index in [9.17, 15) is 0 Å². The lowest BCUT2D eigenvalue weighted by Crippen LogP contribution is -2.43. The molecule has 2 atom stereocenters. The Hall–Kier alpha value is -0.0800. The molecule has 0 aromatic heterocycles. The minimum Gasteiger partial charge on any atom is -0.313 e. The van der Waals surface area contributed by atoms with Gasteiger partial charge in [-0.3, -0.25) is 4.90 Å². The lowest BCUT2D eigenvalue weighted by Gasteiger charge is -2.36. The van der Waals surface area contributed by atoms with Crippen molar-refractivity contribution >= 4 is 0 Å². The van der Waals surface area contributed by atoms with Crippen LogP contribution in [0, 0.1) is 5.92 Å². The third-order valence-electron chi connectivity index (χ3n) is 4.53. The molecule has 1 heterocycles. The number of nitrogens with zero attached hydrogens (tertiary/aromatic N) is 1.